The molecule has 0 N–H and O–H groups in total. The van der Waals surface area contributed by atoms with Crippen molar-refractivity contribution in [1.29, 1.82) is 0 Å². The fourth-order valence-electron chi connectivity index (χ4n) is 2.08. The lowest BCUT2D eigenvalue weighted by Gasteiger charge is -2.03. The summed E-state index contributed by atoms with van der Waals surface area (Å²) in [7, 11) is 1.92. The number of rotatable bonds is 4. The molecule has 8 heteroatoms. The number of aryl methyl sites for hydroxylation is 1. The first-order valence-electron chi connectivity index (χ1n) is 6.38. The Morgan fingerprint density at radius 1 is 1.36 bits per heavy atom. The van der Waals surface area contributed by atoms with E-state index < -0.39 is 4.92 Å². The molecule has 0 spiro atoms. The fraction of sp³-hybridized carbons (Fsp3) is 0.143. The molecule has 112 valence electrons. The summed E-state index contributed by atoms with van der Waals surface area (Å²) >= 11 is 7.31. The Bertz CT molecular complexity index is 865. The van der Waals surface area contributed by atoms with Gasteiger partial charge in [-0.3, -0.25) is 10.1 Å². The molecule has 0 fully saturated rings. The molecule has 0 aliphatic rings. The monoisotopic (exact) mass is 334 g/mol. The number of thioether (sulfide) groups is 1. The summed E-state index contributed by atoms with van der Waals surface area (Å²) in [6.45, 7) is 0. The van der Waals surface area contributed by atoms with E-state index in [-0.39, 0.29) is 10.7 Å². The number of hydrogen-bond donors (Lipinski definition) is 0. The van der Waals surface area contributed by atoms with Crippen molar-refractivity contribution >= 4 is 40.1 Å². The Kier molecular flexibility index (Phi) is 4.00. The molecule has 0 amide bonds. The summed E-state index contributed by atoms with van der Waals surface area (Å²) in [6.07, 6.45) is 3.47. The van der Waals surface area contributed by atoms with E-state index in [9.17, 15) is 10.1 Å². The Morgan fingerprint density at radius 2 is 2.18 bits per heavy atom. The summed E-state index contributed by atoms with van der Waals surface area (Å²) in [5, 5.41) is 11.9. The van der Waals surface area contributed by atoms with Crippen LogP contribution in [0.3, 0.4) is 0 Å². The van der Waals surface area contributed by atoms with Crippen LogP contribution in [0.4, 0.5) is 5.69 Å². The van der Waals surface area contributed by atoms with Crippen LogP contribution < -0.4 is 0 Å². The molecule has 0 atom stereocenters. The number of aromatic nitrogens is 3. The maximum absolute atomic E-state index is 10.9. The van der Waals surface area contributed by atoms with Crippen LogP contribution in [0.2, 0.25) is 5.02 Å². The Labute approximate surface area is 135 Å². The zero-order chi connectivity index (χ0) is 15.7. The van der Waals surface area contributed by atoms with Crippen molar-refractivity contribution in [2.45, 2.75) is 10.8 Å². The zero-order valence-corrected chi connectivity index (χ0v) is 13.1. The third-order valence-electron chi connectivity index (χ3n) is 3.19. The van der Waals surface area contributed by atoms with Crippen molar-refractivity contribution in [1.82, 2.24) is 14.5 Å². The van der Waals surface area contributed by atoms with E-state index in [4.69, 9.17) is 11.6 Å². The highest BCUT2D eigenvalue weighted by molar-refractivity contribution is 7.98. The molecule has 1 aromatic carbocycles. The predicted octanol–water partition coefficient (Wildman–Crippen LogP) is 3.82. The summed E-state index contributed by atoms with van der Waals surface area (Å²) in [5.41, 5.74) is 2.57. The van der Waals surface area contributed by atoms with Gasteiger partial charge in [0.05, 0.1) is 16.8 Å². The Balaban J connectivity index is 1.85. The molecule has 6 nitrogen and oxygen atoms in total. The second kappa shape index (κ2) is 5.94. The molecule has 3 rings (SSSR count). The Morgan fingerprint density at radius 3 is 2.95 bits per heavy atom. The van der Waals surface area contributed by atoms with Gasteiger partial charge in [0.2, 0.25) is 0 Å². The molecule has 0 saturated carbocycles. The number of hydrogen-bond acceptors (Lipinski definition) is 5. The molecule has 0 bridgehead atoms. The van der Waals surface area contributed by atoms with Crippen LogP contribution in [0.5, 0.6) is 0 Å². The van der Waals surface area contributed by atoms with Crippen LogP contribution in [-0.4, -0.2) is 19.5 Å². The minimum atomic E-state index is -0.478. The lowest BCUT2D eigenvalue weighted by atomic mass is 10.2. The second-order valence-electron chi connectivity index (χ2n) is 4.67. The SMILES string of the molecule is Cn1cnc2c(SCc3ccc(Cl)c([N+](=O)[O-])c3)nccc21. The van der Waals surface area contributed by atoms with Gasteiger partial charge < -0.3 is 4.57 Å². The standard InChI is InChI=1S/C14H11ClN4O2S/c1-18-8-17-13-11(18)4-5-16-14(13)22-7-9-2-3-10(15)12(6-9)19(20)21/h2-6,8H,7H2,1H3. The van der Waals surface area contributed by atoms with Gasteiger partial charge in [-0.1, -0.05) is 29.4 Å². The van der Waals surface area contributed by atoms with E-state index in [2.05, 4.69) is 9.97 Å². The van der Waals surface area contributed by atoms with Crippen LogP contribution in [0.15, 0.2) is 41.8 Å². The number of benzene rings is 1. The van der Waals surface area contributed by atoms with Crippen LogP contribution in [0.25, 0.3) is 11.0 Å². The molecule has 0 unspecified atom stereocenters. The van der Waals surface area contributed by atoms with Gasteiger partial charge in [-0.05, 0) is 17.7 Å². The number of nitro groups is 1. The van der Waals surface area contributed by atoms with Crippen LogP contribution in [0, 0.1) is 10.1 Å². The third-order valence-corrected chi connectivity index (χ3v) is 4.56. The number of pyridine rings is 1. The Hall–Kier alpha value is -2.12. The van der Waals surface area contributed by atoms with Gasteiger partial charge in [0.25, 0.3) is 5.69 Å². The molecule has 2 aromatic heterocycles. The largest absolute Gasteiger partial charge is 0.334 e. The minimum Gasteiger partial charge on any atom is -0.334 e. The van der Waals surface area contributed by atoms with Gasteiger partial charge in [-0.15, -0.1) is 0 Å². The molecule has 0 saturated heterocycles. The van der Waals surface area contributed by atoms with Gasteiger partial charge >= 0.3 is 0 Å². The predicted molar refractivity (Wildman–Crippen MR) is 86.2 cm³/mol. The highest BCUT2D eigenvalue weighted by atomic mass is 35.5. The second-order valence-corrected chi connectivity index (χ2v) is 6.04. The van der Waals surface area contributed by atoms with Gasteiger partial charge in [0.1, 0.15) is 15.6 Å². The highest BCUT2D eigenvalue weighted by Crippen LogP contribution is 2.30. The first-order valence-corrected chi connectivity index (χ1v) is 7.74. The van der Waals surface area contributed by atoms with Crippen LogP contribution in [-0.2, 0) is 12.8 Å². The number of nitro benzene ring substituents is 1. The van der Waals surface area contributed by atoms with Crippen molar-refractivity contribution in [3.8, 4) is 0 Å². The topological polar surface area (TPSA) is 73.8 Å². The van der Waals surface area contributed by atoms with Crippen molar-refractivity contribution in [3.63, 3.8) is 0 Å². The van der Waals surface area contributed by atoms with E-state index >= 15 is 0 Å². The first-order chi connectivity index (χ1) is 10.6. The summed E-state index contributed by atoms with van der Waals surface area (Å²) in [6, 6.07) is 6.72. The zero-order valence-electron chi connectivity index (χ0n) is 11.6. The lowest BCUT2D eigenvalue weighted by Crippen LogP contribution is -1.92. The third kappa shape index (κ3) is 2.77. The van der Waals surface area contributed by atoms with Gasteiger partial charge in [-0.2, -0.15) is 0 Å². The summed E-state index contributed by atoms with van der Waals surface area (Å²) in [5.74, 6) is 0.556. The molecular formula is C14H11ClN4O2S. The van der Waals surface area contributed by atoms with Crippen LogP contribution in [0.1, 0.15) is 5.56 Å². The molecular weight excluding hydrogens is 324 g/mol. The van der Waals surface area contributed by atoms with E-state index in [0.717, 1.165) is 21.6 Å². The average Bonchev–Trinajstić information content (AvgIpc) is 2.88. The quantitative estimate of drug-likeness (QED) is 0.412. The molecule has 2 heterocycles. The molecule has 0 aliphatic carbocycles. The normalized spacial score (nSPS) is 11.0. The van der Waals surface area contributed by atoms with E-state index in [1.165, 1.54) is 17.8 Å². The lowest BCUT2D eigenvalue weighted by molar-refractivity contribution is -0.384. The number of fused-ring (bicyclic) bond motifs is 1. The van der Waals surface area contributed by atoms with E-state index in [1.54, 1.807) is 24.7 Å². The van der Waals surface area contributed by atoms with Crippen molar-refractivity contribution in [2.75, 3.05) is 0 Å². The van der Waals surface area contributed by atoms with Crippen molar-refractivity contribution in [2.24, 2.45) is 7.05 Å². The maximum Gasteiger partial charge on any atom is 0.288 e. The molecule has 3 aromatic rings. The van der Waals surface area contributed by atoms with E-state index in [1.807, 2.05) is 17.7 Å². The number of nitrogens with zero attached hydrogens (tertiary/aromatic N) is 4. The summed E-state index contributed by atoms with van der Waals surface area (Å²) < 4.78 is 1.92. The van der Waals surface area contributed by atoms with Crippen molar-refractivity contribution in [3.05, 3.63) is 57.5 Å². The maximum atomic E-state index is 10.9. The van der Waals surface area contributed by atoms with Crippen LogP contribution >= 0.6 is 23.4 Å². The summed E-state index contributed by atoms with van der Waals surface area (Å²) in [4.78, 5) is 19.1. The number of imidazole rings is 1. The fourth-order valence-corrected chi connectivity index (χ4v) is 3.18. The van der Waals surface area contributed by atoms with Crippen molar-refractivity contribution < 1.29 is 4.92 Å². The smallest absolute Gasteiger partial charge is 0.288 e. The first kappa shape index (κ1) is 14.8. The van der Waals surface area contributed by atoms with E-state index in [0.29, 0.717) is 5.75 Å². The molecule has 22 heavy (non-hydrogen) atoms. The molecule has 0 aliphatic heterocycles. The molecule has 0 radical (unpaired) electrons. The minimum absolute atomic E-state index is 0.0798. The number of halogens is 1. The average molecular weight is 335 g/mol. The van der Waals surface area contributed by atoms with Gasteiger partial charge in [0, 0.05) is 25.1 Å². The highest BCUT2D eigenvalue weighted by Gasteiger charge is 2.14. The van der Waals surface area contributed by atoms with Gasteiger partial charge in [0.15, 0.2) is 0 Å². The van der Waals surface area contributed by atoms with Gasteiger partial charge in [-0.25, -0.2) is 9.97 Å².